The molecule has 6 heteroatoms. The van der Waals surface area contributed by atoms with Crippen LogP contribution in [0.15, 0.2) is 48.5 Å². The van der Waals surface area contributed by atoms with Gasteiger partial charge < -0.3 is 4.90 Å². The van der Waals surface area contributed by atoms with E-state index in [9.17, 15) is 18.0 Å². The SMILES string of the molecule is CC1CCCN1C[C@@H]1CCCN1C(=O)c1ccc(-c2ccc(C(F)(F)F)cc2)cc1. The standard InChI is InChI=1S/C24H27F3N2O/c1-17-4-2-14-28(17)16-22-5-3-15-29(22)23(30)20-8-6-18(7-9-20)19-10-12-21(13-11-19)24(25,26)27/h6-13,17,22H,2-5,14-16H2,1H3/t17?,22-/m0/s1. The van der Waals surface area contributed by atoms with E-state index in [1.807, 2.05) is 17.0 Å². The lowest BCUT2D eigenvalue weighted by Gasteiger charge is -2.30. The highest BCUT2D eigenvalue weighted by Gasteiger charge is 2.33. The Kier molecular flexibility index (Phi) is 5.87. The number of amides is 1. The van der Waals surface area contributed by atoms with E-state index in [4.69, 9.17) is 0 Å². The summed E-state index contributed by atoms with van der Waals surface area (Å²) in [5.74, 6) is 0.0447. The van der Waals surface area contributed by atoms with Crippen LogP contribution in [0.25, 0.3) is 11.1 Å². The molecule has 2 atom stereocenters. The number of halogens is 3. The summed E-state index contributed by atoms with van der Waals surface area (Å²) in [4.78, 5) is 17.6. The van der Waals surface area contributed by atoms with Gasteiger partial charge in [0.05, 0.1) is 5.56 Å². The number of hydrogen-bond donors (Lipinski definition) is 0. The van der Waals surface area contributed by atoms with E-state index in [2.05, 4.69) is 11.8 Å². The van der Waals surface area contributed by atoms with Crippen molar-refractivity contribution in [3.05, 3.63) is 59.7 Å². The van der Waals surface area contributed by atoms with Gasteiger partial charge in [0.25, 0.3) is 5.91 Å². The molecule has 0 aromatic heterocycles. The Labute approximate surface area is 175 Å². The Morgan fingerprint density at radius 1 is 0.933 bits per heavy atom. The number of alkyl halides is 3. The first-order valence-electron chi connectivity index (χ1n) is 10.7. The summed E-state index contributed by atoms with van der Waals surface area (Å²) in [6, 6.07) is 13.1. The molecule has 0 aliphatic carbocycles. The lowest BCUT2D eigenvalue weighted by molar-refractivity contribution is -0.137. The summed E-state index contributed by atoms with van der Waals surface area (Å²) in [5.41, 5.74) is 1.46. The van der Waals surface area contributed by atoms with Crippen LogP contribution in [0.3, 0.4) is 0 Å². The molecule has 2 heterocycles. The van der Waals surface area contributed by atoms with Crippen molar-refractivity contribution < 1.29 is 18.0 Å². The zero-order valence-corrected chi connectivity index (χ0v) is 17.2. The summed E-state index contributed by atoms with van der Waals surface area (Å²) < 4.78 is 38.2. The molecule has 0 spiro atoms. The number of benzene rings is 2. The smallest absolute Gasteiger partial charge is 0.334 e. The fraction of sp³-hybridized carbons (Fsp3) is 0.458. The monoisotopic (exact) mass is 416 g/mol. The zero-order chi connectivity index (χ0) is 21.3. The normalized spacial score (nSPS) is 22.6. The molecule has 30 heavy (non-hydrogen) atoms. The van der Waals surface area contributed by atoms with Gasteiger partial charge >= 0.3 is 6.18 Å². The summed E-state index contributed by atoms with van der Waals surface area (Å²) in [6.07, 6.45) is 0.189. The number of hydrogen-bond acceptors (Lipinski definition) is 2. The lowest BCUT2D eigenvalue weighted by atomic mass is 10.0. The number of nitrogens with zero attached hydrogens (tertiary/aromatic N) is 2. The highest BCUT2D eigenvalue weighted by Crippen LogP contribution is 2.31. The molecular formula is C24H27F3N2O. The summed E-state index contributed by atoms with van der Waals surface area (Å²) >= 11 is 0. The fourth-order valence-electron chi connectivity index (χ4n) is 4.65. The van der Waals surface area contributed by atoms with E-state index >= 15 is 0 Å². The van der Waals surface area contributed by atoms with Crippen LogP contribution in [0.5, 0.6) is 0 Å². The molecule has 2 fully saturated rings. The second-order valence-corrected chi connectivity index (χ2v) is 8.43. The maximum absolute atomic E-state index is 13.1. The number of carbonyl (C=O) groups is 1. The van der Waals surface area contributed by atoms with Crippen LogP contribution in [0.2, 0.25) is 0 Å². The van der Waals surface area contributed by atoms with E-state index in [0.29, 0.717) is 17.2 Å². The van der Waals surface area contributed by atoms with E-state index < -0.39 is 11.7 Å². The predicted octanol–water partition coefficient (Wildman–Crippen LogP) is 5.46. The molecule has 0 saturated carbocycles. The molecule has 1 unspecified atom stereocenters. The van der Waals surface area contributed by atoms with Crippen molar-refractivity contribution in [2.45, 2.75) is 50.9 Å². The molecule has 0 radical (unpaired) electrons. The molecule has 2 saturated heterocycles. The molecule has 0 N–H and O–H groups in total. The van der Waals surface area contributed by atoms with Gasteiger partial charge in [-0.05, 0) is 74.5 Å². The first-order valence-corrected chi connectivity index (χ1v) is 10.7. The Balaban J connectivity index is 1.44. The maximum atomic E-state index is 13.1. The van der Waals surface area contributed by atoms with Crippen LogP contribution in [0, 0.1) is 0 Å². The average molecular weight is 416 g/mol. The van der Waals surface area contributed by atoms with Gasteiger partial charge in [-0.3, -0.25) is 9.69 Å². The van der Waals surface area contributed by atoms with Crippen molar-refractivity contribution in [2.75, 3.05) is 19.6 Å². The third kappa shape index (κ3) is 4.38. The second kappa shape index (κ2) is 8.42. The molecule has 1 amide bonds. The second-order valence-electron chi connectivity index (χ2n) is 8.43. The van der Waals surface area contributed by atoms with E-state index in [0.717, 1.165) is 50.2 Å². The molecule has 4 rings (SSSR count). The van der Waals surface area contributed by atoms with Crippen molar-refractivity contribution in [1.82, 2.24) is 9.80 Å². The highest BCUT2D eigenvalue weighted by atomic mass is 19.4. The van der Waals surface area contributed by atoms with Gasteiger partial charge in [-0.15, -0.1) is 0 Å². The summed E-state index contributed by atoms with van der Waals surface area (Å²) in [6.45, 7) is 5.10. The van der Waals surface area contributed by atoms with Crippen LogP contribution in [0.1, 0.15) is 48.5 Å². The van der Waals surface area contributed by atoms with E-state index in [-0.39, 0.29) is 11.9 Å². The minimum absolute atomic E-state index is 0.0447. The topological polar surface area (TPSA) is 23.6 Å². The largest absolute Gasteiger partial charge is 0.416 e. The van der Waals surface area contributed by atoms with Crippen molar-refractivity contribution in [1.29, 1.82) is 0 Å². The van der Waals surface area contributed by atoms with Crippen LogP contribution >= 0.6 is 0 Å². The Morgan fingerprint density at radius 2 is 1.53 bits per heavy atom. The van der Waals surface area contributed by atoms with Gasteiger partial charge in [-0.1, -0.05) is 24.3 Å². The molecule has 160 valence electrons. The maximum Gasteiger partial charge on any atom is 0.416 e. The molecule has 3 nitrogen and oxygen atoms in total. The van der Waals surface area contributed by atoms with Crippen LogP contribution in [-0.2, 0) is 6.18 Å². The van der Waals surface area contributed by atoms with E-state index in [1.165, 1.54) is 25.0 Å². The van der Waals surface area contributed by atoms with Gasteiger partial charge in [0, 0.05) is 30.7 Å². The predicted molar refractivity (Wildman–Crippen MR) is 111 cm³/mol. The van der Waals surface area contributed by atoms with Crippen molar-refractivity contribution >= 4 is 5.91 Å². The van der Waals surface area contributed by atoms with Crippen molar-refractivity contribution in [2.24, 2.45) is 0 Å². The molecule has 2 aliphatic heterocycles. The van der Waals surface area contributed by atoms with Gasteiger partial charge in [0.1, 0.15) is 0 Å². The van der Waals surface area contributed by atoms with Crippen LogP contribution in [0.4, 0.5) is 13.2 Å². The van der Waals surface area contributed by atoms with Crippen molar-refractivity contribution in [3.8, 4) is 11.1 Å². The first-order chi connectivity index (χ1) is 14.3. The van der Waals surface area contributed by atoms with Crippen LogP contribution in [-0.4, -0.2) is 47.4 Å². The number of carbonyl (C=O) groups excluding carboxylic acids is 1. The minimum Gasteiger partial charge on any atom is -0.334 e. The fourth-order valence-corrected chi connectivity index (χ4v) is 4.65. The van der Waals surface area contributed by atoms with Gasteiger partial charge in [-0.2, -0.15) is 13.2 Å². The molecular weight excluding hydrogens is 389 g/mol. The Hall–Kier alpha value is -2.34. The average Bonchev–Trinajstić information content (AvgIpc) is 3.36. The molecule has 0 bridgehead atoms. The molecule has 2 aromatic rings. The van der Waals surface area contributed by atoms with Gasteiger partial charge in [0.2, 0.25) is 0 Å². The molecule has 2 aromatic carbocycles. The Bertz CT molecular complexity index is 877. The van der Waals surface area contributed by atoms with Gasteiger partial charge in [-0.25, -0.2) is 0 Å². The quantitative estimate of drug-likeness (QED) is 0.661. The summed E-state index contributed by atoms with van der Waals surface area (Å²) in [5, 5.41) is 0. The van der Waals surface area contributed by atoms with E-state index in [1.54, 1.807) is 12.1 Å². The van der Waals surface area contributed by atoms with Crippen LogP contribution < -0.4 is 0 Å². The zero-order valence-electron chi connectivity index (χ0n) is 17.2. The lowest BCUT2D eigenvalue weighted by Crippen LogP contribution is -2.44. The summed E-state index contributed by atoms with van der Waals surface area (Å²) in [7, 11) is 0. The first kappa shape index (κ1) is 20.9. The molecule has 2 aliphatic rings. The third-order valence-corrected chi connectivity index (χ3v) is 6.45. The third-order valence-electron chi connectivity index (χ3n) is 6.45. The number of likely N-dealkylation sites (tertiary alicyclic amines) is 2. The van der Waals surface area contributed by atoms with Gasteiger partial charge in [0.15, 0.2) is 0 Å². The number of rotatable bonds is 4. The minimum atomic E-state index is -4.34. The Morgan fingerprint density at radius 3 is 2.10 bits per heavy atom. The van der Waals surface area contributed by atoms with Crippen molar-refractivity contribution in [3.63, 3.8) is 0 Å². The highest BCUT2D eigenvalue weighted by molar-refractivity contribution is 5.95.